The zero-order valence-electron chi connectivity index (χ0n) is 10.9. The zero-order valence-corrected chi connectivity index (χ0v) is 11.6. The van der Waals surface area contributed by atoms with E-state index >= 15 is 0 Å². The van der Waals surface area contributed by atoms with Gasteiger partial charge >= 0.3 is 0 Å². The van der Waals surface area contributed by atoms with Gasteiger partial charge in [0.2, 0.25) is 5.91 Å². The fraction of sp³-hybridized carbons (Fsp3) is 0.533. The minimum atomic E-state index is 0.206. The van der Waals surface area contributed by atoms with Gasteiger partial charge in [-0.05, 0) is 31.4 Å². The Kier molecular flexibility index (Phi) is 4.65. The smallest absolute Gasteiger partial charge is 0.227 e. The third-order valence-corrected chi connectivity index (χ3v) is 4.09. The average Bonchev–Trinajstić information content (AvgIpc) is 2.87. The first-order valence-corrected chi connectivity index (χ1v) is 7.13. The Morgan fingerprint density at radius 2 is 2.00 bits per heavy atom. The molecule has 1 amide bonds. The van der Waals surface area contributed by atoms with Crippen LogP contribution in [0.2, 0.25) is 5.02 Å². The molecule has 0 saturated heterocycles. The number of nitrogens with zero attached hydrogens (tertiary/aromatic N) is 1. The summed E-state index contributed by atoms with van der Waals surface area (Å²) >= 11 is 6.11. The normalized spacial score (nSPS) is 15.9. The molecule has 0 radical (unpaired) electrons. The third-order valence-electron chi connectivity index (χ3n) is 3.73. The van der Waals surface area contributed by atoms with Crippen LogP contribution in [0.15, 0.2) is 24.3 Å². The molecule has 0 N–H and O–H groups in total. The first-order chi connectivity index (χ1) is 8.72. The van der Waals surface area contributed by atoms with Crippen molar-refractivity contribution in [2.45, 2.75) is 45.1 Å². The van der Waals surface area contributed by atoms with Crippen molar-refractivity contribution in [2.24, 2.45) is 0 Å². The molecule has 0 unspecified atom stereocenters. The lowest BCUT2D eigenvalue weighted by molar-refractivity contribution is -0.132. The molecule has 18 heavy (non-hydrogen) atoms. The van der Waals surface area contributed by atoms with Gasteiger partial charge < -0.3 is 4.90 Å². The standard InChI is InChI=1S/C15H20ClNO/c1-2-17(13-8-4-5-9-13)15(18)11-12-7-3-6-10-14(12)16/h3,6-7,10,13H,2,4-5,8-9,11H2,1H3. The highest BCUT2D eigenvalue weighted by atomic mass is 35.5. The van der Waals surface area contributed by atoms with E-state index in [1.807, 2.05) is 29.2 Å². The molecule has 98 valence electrons. The Bertz CT molecular complexity index is 413. The van der Waals surface area contributed by atoms with Crippen LogP contribution in [-0.2, 0) is 11.2 Å². The minimum absolute atomic E-state index is 0.206. The van der Waals surface area contributed by atoms with Crippen molar-refractivity contribution >= 4 is 17.5 Å². The fourth-order valence-electron chi connectivity index (χ4n) is 2.76. The second-order valence-corrected chi connectivity index (χ2v) is 5.29. The number of hydrogen-bond acceptors (Lipinski definition) is 1. The van der Waals surface area contributed by atoms with Crippen LogP contribution in [0.4, 0.5) is 0 Å². The fourth-order valence-corrected chi connectivity index (χ4v) is 2.96. The van der Waals surface area contributed by atoms with E-state index in [9.17, 15) is 4.79 Å². The van der Waals surface area contributed by atoms with Crippen molar-refractivity contribution in [2.75, 3.05) is 6.54 Å². The van der Waals surface area contributed by atoms with E-state index in [4.69, 9.17) is 11.6 Å². The number of amides is 1. The highest BCUT2D eigenvalue weighted by molar-refractivity contribution is 6.31. The van der Waals surface area contributed by atoms with Crippen LogP contribution >= 0.6 is 11.6 Å². The molecule has 0 aliphatic heterocycles. The van der Waals surface area contributed by atoms with Gasteiger partial charge in [-0.25, -0.2) is 0 Å². The maximum Gasteiger partial charge on any atom is 0.227 e. The predicted octanol–water partition coefficient (Wildman–Crippen LogP) is 3.67. The second-order valence-electron chi connectivity index (χ2n) is 4.89. The van der Waals surface area contributed by atoms with E-state index in [2.05, 4.69) is 6.92 Å². The van der Waals surface area contributed by atoms with Crippen molar-refractivity contribution in [3.8, 4) is 0 Å². The van der Waals surface area contributed by atoms with Crippen molar-refractivity contribution in [3.63, 3.8) is 0 Å². The molecule has 1 aromatic carbocycles. The molecular weight excluding hydrogens is 246 g/mol. The Morgan fingerprint density at radius 3 is 2.61 bits per heavy atom. The molecule has 1 fully saturated rings. The lowest BCUT2D eigenvalue weighted by Crippen LogP contribution is -2.39. The van der Waals surface area contributed by atoms with Crippen LogP contribution in [0.1, 0.15) is 38.2 Å². The molecule has 0 spiro atoms. The summed E-state index contributed by atoms with van der Waals surface area (Å²) in [5, 5.41) is 0.688. The number of halogens is 1. The topological polar surface area (TPSA) is 20.3 Å². The molecule has 1 aromatic rings. The Morgan fingerprint density at radius 1 is 1.33 bits per heavy atom. The largest absolute Gasteiger partial charge is 0.340 e. The molecule has 1 saturated carbocycles. The van der Waals surface area contributed by atoms with Crippen LogP contribution in [0.3, 0.4) is 0 Å². The van der Waals surface area contributed by atoms with Crippen molar-refractivity contribution in [1.29, 1.82) is 0 Å². The monoisotopic (exact) mass is 265 g/mol. The van der Waals surface area contributed by atoms with Gasteiger partial charge in [0.05, 0.1) is 6.42 Å². The SMILES string of the molecule is CCN(C(=O)Cc1ccccc1Cl)C1CCCC1. The second kappa shape index (κ2) is 6.24. The Hall–Kier alpha value is -1.02. The summed E-state index contributed by atoms with van der Waals surface area (Å²) < 4.78 is 0. The maximum absolute atomic E-state index is 12.4. The lowest BCUT2D eigenvalue weighted by atomic mass is 10.1. The van der Waals surface area contributed by atoms with Crippen molar-refractivity contribution < 1.29 is 4.79 Å². The van der Waals surface area contributed by atoms with Gasteiger partial charge in [0.15, 0.2) is 0 Å². The van der Waals surface area contributed by atoms with E-state index in [0.29, 0.717) is 17.5 Å². The number of hydrogen-bond donors (Lipinski definition) is 0. The van der Waals surface area contributed by atoms with Gasteiger partial charge in [0.25, 0.3) is 0 Å². The van der Waals surface area contributed by atoms with E-state index in [-0.39, 0.29) is 5.91 Å². The van der Waals surface area contributed by atoms with Gasteiger partial charge in [-0.15, -0.1) is 0 Å². The van der Waals surface area contributed by atoms with Gasteiger partial charge in [-0.3, -0.25) is 4.79 Å². The summed E-state index contributed by atoms with van der Waals surface area (Å²) in [7, 11) is 0. The van der Waals surface area contributed by atoms with Crippen molar-refractivity contribution in [3.05, 3.63) is 34.9 Å². The van der Waals surface area contributed by atoms with E-state index in [1.54, 1.807) is 0 Å². The van der Waals surface area contributed by atoms with Crippen molar-refractivity contribution in [1.82, 2.24) is 4.90 Å². The third kappa shape index (κ3) is 3.05. The molecule has 1 aliphatic rings. The molecule has 0 bridgehead atoms. The molecule has 2 nitrogen and oxygen atoms in total. The molecule has 0 atom stereocenters. The van der Waals surface area contributed by atoms with Crippen LogP contribution in [0.25, 0.3) is 0 Å². The molecule has 2 rings (SSSR count). The molecule has 0 aromatic heterocycles. The maximum atomic E-state index is 12.4. The van der Waals surface area contributed by atoms with Gasteiger partial charge in [-0.2, -0.15) is 0 Å². The number of carbonyl (C=O) groups excluding carboxylic acids is 1. The number of carbonyl (C=O) groups is 1. The summed E-state index contributed by atoms with van der Waals surface area (Å²) in [4.78, 5) is 14.4. The van der Waals surface area contributed by atoms with Crippen LogP contribution < -0.4 is 0 Å². The average molecular weight is 266 g/mol. The first kappa shape index (κ1) is 13.4. The van der Waals surface area contributed by atoms with Gasteiger partial charge in [0.1, 0.15) is 0 Å². The molecular formula is C15H20ClNO. The summed E-state index contributed by atoms with van der Waals surface area (Å²) in [6.45, 7) is 2.86. The predicted molar refractivity (Wildman–Crippen MR) is 74.8 cm³/mol. The highest BCUT2D eigenvalue weighted by Gasteiger charge is 2.25. The first-order valence-electron chi connectivity index (χ1n) is 6.75. The van der Waals surface area contributed by atoms with E-state index in [0.717, 1.165) is 24.9 Å². The Balaban J connectivity index is 2.03. The van der Waals surface area contributed by atoms with Crippen LogP contribution in [-0.4, -0.2) is 23.4 Å². The lowest BCUT2D eigenvalue weighted by Gasteiger charge is -2.28. The van der Waals surface area contributed by atoms with Crippen LogP contribution in [0.5, 0.6) is 0 Å². The van der Waals surface area contributed by atoms with Crippen LogP contribution in [0, 0.1) is 0 Å². The molecule has 3 heteroatoms. The Labute approximate surface area is 114 Å². The summed E-state index contributed by atoms with van der Waals surface area (Å²) in [5.41, 5.74) is 0.931. The quantitative estimate of drug-likeness (QED) is 0.813. The molecule has 1 aliphatic carbocycles. The summed E-state index contributed by atoms with van der Waals surface area (Å²) in [6.07, 6.45) is 5.23. The van der Waals surface area contributed by atoms with Gasteiger partial charge in [-0.1, -0.05) is 42.6 Å². The summed E-state index contributed by atoms with van der Waals surface area (Å²) in [5.74, 6) is 0.206. The number of rotatable bonds is 4. The summed E-state index contributed by atoms with van der Waals surface area (Å²) in [6, 6.07) is 8.05. The van der Waals surface area contributed by atoms with Gasteiger partial charge in [0, 0.05) is 17.6 Å². The van der Waals surface area contributed by atoms with E-state index < -0.39 is 0 Å². The number of likely N-dealkylation sites (N-methyl/N-ethyl adjacent to an activating group) is 1. The minimum Gasteiger partial charge on any atom is -0.340 e. The molecule has 0 heterocycles. The van der Waals surface area contributed by atoms with E-state index in [1.165, 1.54) is 12.8 Å². The highest BCUT2D eigenvalue weighted by Crippen LogP contribution is 2.24. The number of benzene rings is 1. The zero-order chi connectivity index (χ0) is 13.0.